The van der Waals surface area contributed by atoms with Crippen LogP contribution in [0.25, 0.3) is 6.08 Å². The molecule has 0 saturated carbocycles. The van der Waals surface area contributed by atoms with Gasteiger partial charge in [-0.05, 0) is 48.4 Å². The first-order valence-electron chi connectivity index (χ1n) is 7.84. The molecule has 2 aromatic rings. The zero-order chi connectivity index (χ0) is 20.6. The molecule has 1 heterocycles. The van der Waals surface area contributed by atoms with Crippen LogP contribution in [-0.4, -0.2) is 27.9 Å². The molecule has 10 heteroatoms. The van der Waals surface area contributed by atoms with E-state index in [1.54, 1.807) is 19.1 Å². The smallest absolute Gasteiger partial charge is 0.335 e. The Labute approximate surface area is 166 Å². The lowest BCUT2D eigenvalue weighted by molar-refractivity contribution is -0.385. The molecule has 28 heavy (non-hydrogen) atoms. The fourth-order valence-corrected chi connectivity index (χ4v) is 2.85. The third-order valence-electron chi connectivity index (χ3n) is 4.01. The predicted molar refractivity (Wildman–Crippen MR) is 103 cm³/mol. The van der Waals surface area contributed by atoms with E-state index in [-0.39, 0.29) is 16.8 Å². The van der Waals surface area contributed by atoms with Crippen LogP contribution in [0.1, 0.15) is 11.1 Å². The van der Waals surface area contributed by atoms with Crippen molar-refractivity contribution in [1.29, 1.82) is 0 Å². The molecule has 0 spiro atoms. The number of nitro benzene ring substituents is 1. The first kappa shape index (κ1) is 19.2. The highest BCUT2D eigenvalue weighted by Crippen LogP contribution is 2.29. The van der Waals surface area contributed by atoms with Gasteiger partial charge >= 0.3 is 11.7 Å². The SMILES string of the molecule is Cc1cc(N2C(=O)NC(=O)/C(=C/c3ccc(O)c([N+](=O)[O-])c3)C2=O)ccc1Br. The Kier molecular flexibility index (Phi) is 4.97. The van der Waals surface area contributed by atoms with Gasteiger partial charge in [0.05, 0.1) is 10.6 Å². The summed E-state index contributed by atoms with van der Waals surface area (Å²) in [5.74, 6) is -2.34. The van der Waals surface area contributed by atoms with E-state index in [2.05, 4.69) is 21.2 Å². The van der Waals surface area contributed by atoms with Gasteiger partial charge in [0.25, 0.3) is 11.8 Å². The summed E-state index contributed by atoms with van der Waals surface area (Å²) in [5.41, 5.74) is 0.229. The molecule has 2 aromatic carbocycles. The summed E-state index contributed by atoms with van der Waals surface area (Å²) in [6.07, 6.45) is 1.12. The van der Waals surface area contributed by atoms with E-state index in [1.807, 2.05) is 0 Å². The lowest BCUT2D eigenvalue weighted by Crippen LogP contribution is -2.54. The van der Waals surface area contributed by atoms with Gasteiger partial charge in [-0.25, -0.2) is 9.69 Å². The van der Waals surface area contributed by atoms with Crippen molar-refractivity contribution in [1.82, 2.24) is 5.32 Å². The number of hydrogen-bond donors (Lipinski definition) is 2. The fraction of sp³-hybridized carbons (Fsp3) is 0.0556. The van der Waals surface area contributed by atoms with Crippen molar-refractivity contribution in [3.63, 3.8) is 0 Å². The zero-order valence-electron chi connectivity index (χ0n) is 14.3. The summed E-state index contributed by atoms with van der Waals surface area (Å²) >= 11 is 3.33. The number of aromatic hydroxyl groups is 1. The molecule has 1 saturated heterocycles. The summed E-state index contributed by atoms with van der Waals surface area (Å²) in [6.45, 7) is 1.78. The van der Waals surface area contributed by atoms with E-state index in [0.29, 0.717) is 0 Å². The number of rotatable bonds is 3. The number of benzene rings is 2. The maximum absolute atomic E-state index is 12.8. The summed E-state index contributed by atoms with van der Waals surface area (Å²) in [5, 5.41) is 22.6. The second-order valence-electron chi connectivity index (χ2n) is 5.90. The molecular weight excluding hydrogens is 434 g/mol. The Morgan fingerprint density at radius 1 is 1.18 bits per heavy atom. The average Bonchev–Trinajstić information content (AvgIpc) is 2.62. The molecule has 0 radical (unpaired) electrons. The second-order valence-corrected chi connectivity index (χ2v) is 6.75. The standard InChI is InChI=1S/C18H12BrN3O6/c1-9-6-11(3-4-13(9)19)21-17(25)12(16(24)20-18(21)26)7-10-2-5-15(23)14(8-10)22(27)28/h2-8,23H,1H3,(H,20,24,26)/b12-7-. The number of nitro groups is 1. The Hall–Kier alpha value is -3.53. The van der Waals surface area contributed by atoms with Crippen molar-refractivity contribution in [3.05, 3.63) is 67.7 Å². The van der Waals surface area contributed by atoms with Gasteiger partial charge < -0.3 is 5.11 Å². The van der Waals surface area contributed by atoms with Crippen LogP contribution in [0.4, 0.5) is 16.2 Å². The summed E-state index contributed by atoms with van der Waals surface area (Å²) in [4.78, 5) is 48.2. The second kappa shape index (κ2) is 7.24. The molecule has 3 rings (SSSR count). The van der Waals surface area contributed by atoms with Crippen molar-refractivity contribution in [2.24, 2.45) is 0 Å². The monoisotopic (exact) mass is 445 g/mol. The molecule has 0 bridgehead atoms. The van der Waals surface area contributed by atoms with Crippen molar-refractivity contribution < 1.29 is 24.4 Å². The van der Waals surface area contributed by atoms with Crippen molar-refractivity contribution in [2.45, 2.75) is 6.92 Å². The van der Waals surface area contributed by atoms with Gasteiger partial charge in [0.2, 0.25) is 0 Å². The van der Waals surface area contributed by atoms with E-state index in [0.717, 1.165) is 33.1 Å². The van der Waals surface area contributed by atoms with Crippen molar-refractivity contribution >= 4 is 51.2 Å². The summed E-state index contributed by atoms with van der Waals surface area (Å²) in [6, 6.07) is 7.30. The van der Waals surface area contributed by atoms with Crippen LogP contribution in [0.3, 0.4) is 0 Å². The minimum atomic E-state index is -0.921. The quantitative estimate of drug-likeness (QED) is 0.323. The van der Waals surface area contributed by atoms with E-state index in [4.69, 9.17) is 0 Å². The number of anilines is 1. The van der Waals surface area contributed by atoms with Crippen LogP contribution in [0.15, 0.2) is 46.4 Å². The van der Waals surface area contributed by atoms with Crippen LogP contribution in [0, 0.1) is 17.0 Å². The number of carbonyl (C=O) groups is 3. The Balaban J connectivity index is 2.05. The van der Waals surface area contributed by atoms with E-state index < -0.39 is 34.2 Å². The Morgan fingerprint density at radius 3 is 2.54 bits per heavy atom. The van der Waals surface area contributed by atoms with Gasteiger partial charge in [-0.15, -0.1) is 0 Å². The summed E-state index contributed by atoms with van der Waals surface area (Å²) in [7, 11) is 0. The number of nitrogens with one attached hydrogen (secondary N) is 1. The molecule has 0 atom stereocenters. The minimum absolute atomic E-state index is 0.143. The molecule has 2 N–H and O–H groups in total. The number of carbonyl (C=O) groups excluding carboxylic acids is 3. The van der Waals surface area contributed by atoms with Gasteiger partial charge in [-0.2, -0.15) is 0 Å². The Morgan fingerprint density at radius 2 is 1.89 bits per heavy atom. The zero-order valence-corrected chi connectivity index (χ0v) is 15.9. The van der Waals surface area contributed by atoms with Crippen molar-refractivity contribution in [3.8, 4) is 5.75 Å². The number of halogens is 1. The van der Waals surface area contributed by atoms with Crippen LogP contribution in [0.2, 0.25) is 0 Å². The third kappa shape index (κ3) is 3.49. The van der Waals surface area contributed by atoms with Gasteiger partial charge in [0.15, 0.2) is 5.75 Å². The molecule has 4 amide bonds. The highest BCUT2D eigenvalue weighted by atomic mass is 79.9. The number of hydrogen-bond acceptors (Lipinski definition) is 6. The molecule has 142 valence electrons. The average molecular weight is 446 g/mol. The maximum Gasteiger partial charge on any atom is 0.335 e. The van der Waals surface area contributed by atoms with Gasteiger partial charge in [0, 0.05) is 10.5 Å². The van der Waals surface area contributed by atoms with E-state index >= 15 is 0 Å². The molecule has 9 nitrogen and oxygen atoms in total. The van der Waals surface area contributed by atoms with Crippen LogP contribution >= 0.6 is 15.9 Å². The maximum atomic E-state index is 12.8. The molecule has 1 fully saturated rings. The van der Waals surface area contributed by atoms with Crippen molar-refractivity contribution in [2.75, 3.05) is 4.90 Å². The topological polar surface area (TPSA) is 130 Å². The molecule has 0 aromatic heterocycles. The number of phenolic OH excluding ortho intramolecular Hbond substituents is 1. The fourth-order valence-electron chi connectivity index (χ4n) is 2.60. The first-order valence-corrected chi connectivity index (χ1v) is 8.63. The summed E-state index contributed by atoms with van der Waals surface area (Å²) < 4.78 is 0.782. The number of imide groups is 2. The largest absolute Gasteiger partial charge is 0.502 e. The number of urea groups is 1. The Bertz CT molecular complexity index is 1080. The van der Waals surface area contributed by atoms with Gasteiger partial charge in [-0.1, -0.05) is 22.0 Å². The minimum Gasteiger partial charge on any atom is -0.502 e. The number of amides is 4. The highest BCUT2D eigenvalue weighted by molar-refractivity contribution is 9.10. The molecular formula is C18H12BrN3O6. The number of barbiturate groups is 1. The van der Waals surface area contributed by atoms with Crippen LogP contribution in [-0.2, 0) is 9.59 Å². The van der Waals surface area contributed by atoms with Gasteiger partial charge in [-0.3, -0.25) is 25.0 Å². The molecule has 1 aliphatic rings. The number of aryl methyl sites for hydroxylation is 1. The first-order chi connectivity index (χ1) is 13.2. The lowest BCUT2D eigenvalue weighted by Gasteiger charge is -2.26. The highest BCUT2D eigenvalue weighted by Gasteiger charge is 2.37. The van der Waals surface area contributed by atoms with Crippen LogP contribution < -0.4 is 10.2 Å². The van der Waals surface area contributed by atoms with Crippen LogP contribution in [0.5, 0.6) is 5.75 Å². The normalized spacial score (nSPS) is 15.7. The predicted octanol–water partition coefficient (Wildman–Crippen LogP) is 3.04. The molecule has 0 unspecified atom stereocenters. The number of phenols is 1. The lowest BCUT2D eigenvalue weighted by atomic mass is 10.1. The molecule has 1 aliphatic heterocycles. The van der Waals surface area contributed by atoms with Gasteiger partial charge in [0.1, 0.15) is 5.57 Å². The number of nitrogens with zero attached hydrogens (tertiary/aromatic N) is 2. The molecule has 0 aliphatic carbocycles. The third-order valence-corrected chi connectivity index (χ3v) is 4.90. The van der Waals surface area contributed by atoms with E-state index in [1.165, 1.54) is 12.1 Å². The van der Waals surface area contributed by atoms with E-state index in [9.17, 15) is 29.6 Å².